The minimum absolute atomic E-state index is 0.0288. The lowest BCUT2D eigenvalue weighted by Gasteiger charge is -2.49. The molecule has 5 nitrogen and oxygen atoms in total. The van der Waals surface area contributed by atoms with Gasteiger partial charge in [-0.15, -0.1) is 5.10 Å². The van der Waals surface area contributed by atoms with Crippen molar-refractivity contribution < 1.29 is 4.79 Å². The number of hydrogen-bond donors (Lipinski definition) is 1. The minimum atomic E-state index is 0.0288. The summed E-state index contributed by atoms with van der Waals surface area (Å²) < 4.78 is 4.02. The van der Waals surface area contributed by atoms with Crippen molar-refractivity contribution in [1.29, 1.82) is 0 Å². The van der Waals surface area contributed by atoms with Gasteiger partial charge in [-0.05, 0) is 30.8 Å². The van der Waals surface area contributed by atoms with E-state index >= 15 is 0 Å². The van der Waals surface area contributed by atoms with Gasteiger partial charge < -0.3 is 10.2 Å². The largest absolute Gasteiger partial charge is 0.330 e. The molecule has 2 heterocycles. The summed E-state index contributed by atoms with van der Waals surface area (Å²) in [6.07, 6.45) is 7.85. The van der Waals surface area contributed by atoms with E-state index in [1.165, 1.54) is 30.8 Å². The molecule has 1 aromatic heterocycles. The molecule has 1 aliphatic carbocycles. The summed E-state index contributed by atoms with van der Waals surface area (Å²) in [5.74, 6) is 0.164. The van der Waals surface area contributed by atoms with Gasteiger partial charge >= 0.3 is 0 Å². The number of nitrogens with one attached hydrogen (secondary N) is 1. The Kier molecular flexibility index (Phi) is 4.54. The first kappa shape index (κ1) is 14.9. The Balaban J connectivity index is 1.85. The predicted octanol–water partition coefficient (Wildman–Crippen LogP) is 2.24. The van der Waals surface area contributed by atoms with E-state index in [9.17, 15) is 4.79 Å². The Morgan fingerprint density at radius 1 is 1.38 bits per heavy atom. The molecule has 0 aromatic carbocycles. The number of nitrogens with zero attached hydrogens (tertiary/aromatic N) is 3. The molecule has 3 rings (SSSR count). The second-order valence-corrected chi connectivity index (χ2v) is 6.97. The molecule has 0 bridgehead atoms. The fraction of sp³-hybridized carbons (Fsp3) is 0.800. The summed E-state index contributed by atoms with van der Waals surface area (Å²) in [5, 5.41) is 7.65. The summed E-state index contributed by atoms with van der Waals surface area (Å²) in [7, 11) is 0. The Labute approximate surface area is 130 Å². The van der Waals surface area contributed by atoms with Crippen LogP contribution in [0.2, 0.25) is 0 Å². The van der Waals surface area contributed by atoms with Gasteiger partial charge in [0.15, 0.2) is 0 Å². The number of piperazine rings is 1. The van der Waals surface area contributed by atoms with Gasteiger partial charge in [0, 0.05) is 19.6 Å². The average Bonchev–Trinajstić information content (AvgIpc) is 2.97. The number of hydrogen-bond acceptors (Lipinski definition) is 5. The normalized spacial score (nSPS) is 21.7. The van der Waals surface area contributed by atoms with Crippen LogP contribution in [0, 0.1) is 0 Å². The molecule has 1 amide bonds. The molecule has 1 aromatic rings. The fourth-order valence-electron chi connectivity index (χ4n) is 3.71. The van der Waals surface area contributed by atoms with Crippen LogP contribution in [0.4, 0.5) is 0 Å². The molecule has 21 heavy (non-hydrogen) atoms. The molecule has 1 aliphatic heterocycles. The Morgan fingerprint density at radius 2 is 2.19 bits per heavy atom. The van der Waals surface area contributed by atoms with E-state index in [4.69, 9.17) is 0 Å². The van der Waals surface area contributed by atoms with Gasteiger partial charge in [-0.3, -0.25) is 4.79 Å². The second-order valence-electron chi connectivity index (χ2n) is 6.22. The third-order valence-corrected chi connectivity index (χ3v) is 5.56. The highest BCUT2D eigenvalue weighted by Crippen LogP contribution is 2.36. The number of amides is 1. The van der Waals surface area contributed by atoms with Crippen LogP contribution in [-0.4, -0.2) is 45.6 Å². The molecular weight excluding hydrogens is 284 g/mol. The lowest BCUT2D eigenvalue weighted by Crippen LogP contribution is -2.63. The highest BCUT2D eigenvalue weighted by molar-refractivity contribution is 7.08. The average molecular weight is 308 g/mol. The number of aromatic nitrogens is 2. The lowest BCUT2D eigenvalue weighted by atomic mass is 9.79. The molecule has 0 radical (unpaired) electrons. The third kappa shape index (κ3) is 2.83. The highest BCUT2D eigenvalue weighted by Gasteiger charge is 2.43. The zero-order valence-corrected chi connectivity index (χ0v) is 13.5. The molecule has 1 N–H and O–H groups in total. The Bertz CT molecular complexity index is 487. The van der Waals surface area contributed by atoms with Gasteiger partial charge in [-0.2, -0.15) is 0 Å². The maximum Gasteiger partial charge on any atom is 0.268 e. The van der Waals surface area contributed by atoms with E-state index in [2.05, 4.69) is 26.7 Å². The van der Waals surface area contributed by atoms with Crippen molar-refractivity contribution in [2.24, 2.45) is 0 Å². The van der Waals surface area contributed by atoms with E-state index in [1.807, 2.05) is 0 Å². The van der Waals surface area contributed by atoms with Crippen molar-refractivity contribution in [3.8, 4) is 0 Å². The van der Waals surface area contributed by atoms with Crippen molar-refractivity contribution in [1.82, 2.24) is 19.8 Å². The summed E-state index contributed by atoms with van der Waals surface area (Å²) in [5.41, 5.74) is 0.915. The summed E-state index contributed by atoms with van der Waals surface area (Å²) in [6.45, 7) is 4.75. The Hall–Kier alpha value is -1.01. The number of carbonyl (C=O) groups excluding carboxylic acids is 1. The van der Waals surface area contributed by atoms with E-state index in [-0.39, 0.29) is 11.4 Å². The van der Waals surface area contributed by atoms with E-state index < -0.39 is 0 Å². The van der Waals surface area contributed by atoms with E-state index in [0.29, 0.717) is 0 Å². The topological polar surface area (TPSA) is 58.1 Å². The van der Waals surface area contributed by atoms with Gasteiger partial charge in [0.25, 0.3) is 5.91 Å². The van der Waals surface area contributed by atoms with Crippen molar-refractivity contribution in [2.75, 3.05) is 19.6 Å². The lowest BCUT2D eigenvalue weighted by molar-refractivity contribution is 0.0226. The van der Waals surface area contributed by atoms with Crippen molar-refractivity contribution >= 4 is 17.4 Å². The highest BCUT2D eigenvalue weighted by atomic mass is 32.1. The van der Waals surface area contributed by atoms with Crippen LogP contribution in [0.3, 0.4) is 0 Å². The molecule has 6 heteroatoms. The molecule has 2 fully saturated rings. The molecule has 1 saturated carbocycles. The van der Waals surface area contributed by atoms with Crippen LogP contribution >= 0.6 is 11.5 Å². The van der Waals surface area contributed by atoms with E-state index in [1.54, 1.807) is 0 Å². The van der Waals surface area contributed by atoms with Gasteiger partial charge in [0.2, 0.25) is 0 Å². The first-order chi connectivity index (χ1) is 10.3. The van der Waals surface area contributed by atoms with Crippen molar-refractivity contribution in [3.05, 3.63) is 10.6 Å². The quantitative estimate of drug-likeness (QED) is 0.930. The zero-order valence-electron chi connectivity index (χ0n) is 12.7. The van der Waals surface area contributed by atoms with E-state index in [0.717, 1.165) is 55.9 Å². The van der Waals surface area contributed by atoms with Crippen molar-refractivity contribution in [2.45, 2.75) is 57.4 Å². The number of aryl methyl sites for hydroxylation is 1. The second kappa shape index (κ2) is 6.40. The van der Waals surface area contributed by atoms with Crippen LogP contribution in [-0.2, 0) is 6.42 Å². The first-order valence-corrected chi connectivity index (χ1v) is 8.88. The standard InChI is InChI=1S/C15H24N4OS/c1-2-6-12-13(21-18-17-12)14(20)19-10-9-16-11-15(19)7-4-3-5-8-15/h16H,2-11H2,1H3. The van der Waals surface area contributed by atoms with Crippen LogP contribution < -0.4 is 5.32 Å². The summed E-state index contributed by atoms with van der Waals surface area (Å²) in [4.78, 5) is 16.0. The van der Waals surface area contributed by atoms with Crippen LogP contribution in [0.25, 0.3) is 0 Å². The smallest absolute Gasteiger partial charge is 0.268 e. The number of rotatable bonds is 3. The van der Waals surface area contributed by atoms with Gasteiger partial charge in [-0.25, -0.2) is 0 Å². The minimum Gasteiger partial charge on any atom is -0.330 e. The van der Waals surface area contributed by atoms with Crippen LogP contribution in [0.15, 0.2) is 0 Å². The Morgan fingerprint density at radius 3 is 2.95 bits per heavy atom. The summed E-state index contributed by atoms with van der Waals surface area (Å²) in [6, 6.07) is 0. The monoisotopic (exact) mass is 308 g/mol. The molecular formula is C15H24N4OS. The summed E-state index contributed by atoms with van der Waals surface area (Å²) >= 11 is 1.27. The predicted molar refractivity (Wildman–Crippen MR) is 83.6 cm³/mol. The van der Waals surface area contributed by atoms with Gasteiger partial charge in [-0.1, -0.05) is 37.1 Å². The molecule has 2 aliphatic rings. The molecule has 1 spiro atoms. The molecule has 0 atom stereocenters. The first-order valence-electron chi connectivity index (χ1n) is 8.11. The third-order valence-electron chi connectivity index (χ3n) is 4.81. The van der Waals surface area contributed by atoms with Gasteiger partial charge in [0.1, 0.15) is 4.88 Å². The zero-order chi connectivity index (χ0) is 14.7. The SMILES string of the molecule is CCCc1nnsc1C(=O)N1CCNCC12CCCCC2. The maximum absolute atomic E-state index is 13.1. The fourth-order valence-corrected chi connectivity index (χ4v) is 4.37. The van der Waals surface area contributed by atoms with Crippen LogP contribution in [0.1, 0.15) is 60.8 Å². The van der Waals surface area contributed by atoms with Gasteiger partial charge in [0.05, 0.1) is 11.2 Å². The van der Waals surface area contributed by atoms with Crippen molar-refractivity contribution in [3.63, 3.8) is 0 Å². The van der Waals surface area contributed by atoms with Crippen LogP contribution in [0.5, 0.6) is 0 Å². The number of carbonyl (C=O) groups is 1. The maximum atomic E-state index is 13.1. The molecule has 1 saturated heterocycles. The molecule has 0 unspecified atom stereocenters. The molecule has 116 valence electrons.